The van der Waals surface area contributed by atoms with Crippen molar-refractivity contribution in [1.29, 1.82) is 0 Å². The van der Waals surface area contributed by atoms with Gasteiger partial charge in [-0.05, 0) is 44.6 Å². The first-order chi connectivity index (χ1) is 9.69. The summed E-state index contributed by atoms with van der Waals surface area (Å²) in [6.07, 6.45) is 2.15. The molecule has 4 nitrogen and oxygen atoms in total. The third kappa shape index (κ3) is 6.20. The van der Waals surface area contributed by atoms with Crippen LogP contribution in [0.15, 0.2) is 0 Å². The summed E-state index contributed by atoms with van der Waals surface area (Å²) in [6.45, 7) is 9.05. The van der Waals surface area contributed by atoms with Gasteiger partial charge in [0.2, 0.25) is 0 Å². The quantitative estimate of drug-likeness (QED) is 0.672. The molecule has 0 saturated carbocycles. The molecule has 0 aromatic carbocycles. The van der Waals surface area contributed by atoms with Gasteiger partial charge in [-0.3, -0.25) is 0 Å². The van der Waals surface area contributed by atoms with E-state index in [1.54, 1.807) is 7.11 Å². The van der Waals surface area contributed by atoms with Crippen molar-refractivity contribution in [2.45, 2.75) is 39.4 Å². The van der Waals surface area contributed by atoms with Crippen molar-refractivity contribution in [2.24, 2.45) is 0 Å². The monoisotopic (exact) mass is 297 g/mol. The summed E-state index contributed by atoms with van der Waals surface area (Å²) in [5.74, 6) is 2.99. The summed E-state index contributed by atoms with van der Waals surface area (Å²) in [6, 6.07) is 0. The minimum Gasteiger partial charge on any atom is -0.383 e. The average molecular weight is 297 g/mol. The van der Waals surface area contributed by atoms with Crippen LogP contribution in [-0.4, -0.2) is 42.5 Å². The van der Waals surface area contributed by atoms with Crippen LogP contribution in [0, 0.1) is 13.8 Å². The summed E-state index contributed by atoms with van der Waals surface area (Å²) >= 11 is 1.87. The number of nitrogens with one attached hydrogen (secondary N) is 1. The normalized spacial score (nSPS) is 11.0. The molecule has 1 aromatic rings. The fourth-order valence-electron chi connectivity index (χ4n) is 2.12. The summed E-state index contributed by atoms with van der Waals surface area (Å²) in [7, 11) is 1.73. The van der Waals surface area contributed by atoms with E-state index in [0.29, 0.717) is 0 Å². The summed E-state index contributed by atoms with van der Waals surface area (Å²) in [5, 5.41) is 3.37. The van der Waals surface area contributed by atoms with Crippen LogP contribution in [0.5, 0.6) is 0 Å². The van der Waals surface area contributed by atoms with E-state index in [4.69, 9.17) is 4.74 Å². The molecule has 0 spiro atoms. The second kappa shape index (κ2) is 10.1. The Morgan fingerprint density at radius 2 is 1.85 bits per heavy atom. The predicted molar refractivity (Wildman–Crippen MR) is 86.4 cm³/mol. The lowest BCUT2D eigenvalue weighted by Gasteiger charge is -2.11. The zero-order valence-electron chi connectivity index (χ0n) is 13.2. The summed E-state index contributed by atoms with van der Waals surface area (Å²) in [5.41, 5.74) is 3.59. The summed E-state index contributed by atoms with van der Waals surface area (Å²) < 4.78 is 5.01. The standard InChI is InChI=1S/C15H27N3OS/c1-5-20-11-15-17-12(2)14(13(3)18-15)7-6-8-16-9-10-19-4/h16H,5-11H2,1-4H3. The highest BCUT2D eigenvalue weighted by atomic mass is 32.2. The first-order valence-electron chi connectivity index (χ1n) is 7.29. The lowest BCUT2D eigenvalue weighted by molar-refractivity contribution is 0.199. The molecule has 0 aliphatic heterocycles. The molecule has 0 saturated heterocycles. The minimum atomic E-state index is 0.769. The maximum absolute atomic E-state index is 5.01. The molecule has 0 aliphatic rings. The van der Waals surface area contributed by atoms with Gasteiger partial charge in [-0.1, -0.05) is 6.92 Å². The Morgan fingerprint density at radius 3 is 2.45 bits per heavy atom. The van der Waals surface area contributed by atoms with E-state index >= 15 is 0 Å². The van der Waals surface area contributed by atoms with E-state index < -0.39 is 0 Å². The van der Waals surface area contributed by atoms with Crippen LogP contribution in [-0.2, 0) is 16.9 Å². The van der Waals surface area contributed by atoms with Gasteiger partial charge in [0, 0.05) is 25.0 Å². The molecule has 0 atom stereocenters. The van der Waals surface area contributed by atoms with Crippen LogP contribution < -0.4 is 5.32 Å². The van der Waals surface area contributed by atoms with Crippen molar-refractivity contribution >= 4 is 11.8 Å². The molecule has 1 rings (SSSR count). The molecular formula is C15H27N3OS. The molecule has 1 N–H and O–H groups in total. The van der Waals surface area contributed by atoms with Gasteiger partial charge < -0.3 is 10.1 Å². The van der Waals surface area contributed by atoms with E-state index in [9.17, 15) is 0 Å². The molecule has 0 fully saturated rings. The molecule has 0 aliphatic carbocycles. The molecular weight excluding hydrogens is 270 g/mol. The molecule has 0 unspecified atom stereocenters. The Balaban J connectivity index is 2.45. The number of thioether (sulfide) groups is 1. The first kappa shape index (κ1) is 17.4. The van der Waals surface area contributed by atoms with E-state index in [1.165, 1.54) is 5.56 Å². The van der Waals surface area contributed by atoms with Crippen molar-refractivity contribution in [3.05, 3.63) is 22.8 Å². The minimum absolute atomic E-state index is 0.769. The highest BCUT2D eigenvalue weighted by molar-refractivity contribution is 7.98. The Kier molecular flexibility index (Phi) is 8.82. The third-order valence-electron chi connectivity index (χ3n) is 3.17. The number of nitrogens with zero attached hydrogens (tertiary/aromatic N) is 2. The molecule has 0 amide bonds. The van der Waals surface area contributed by atoms with E-state index in [2.05, 4.69) is 36.1 Å². The van der Waals surface area contributed by atoms with Crippen LogP contribution in [0.2, 0.25) is 0 Å². The predicted octanol–water partition coefficient (Wildman–Crippen LogP) is 2.52. The zero-order valence-corrected chi connectivity index (χ0v) is 14.0. The van der Waals surface area contributed by atoms with E-state index in [-0.39, 0.29) is 0 Å². The number of hydrogen-bond donors (Lipinski definition) is 1. The molecule has 1 heterocycles. The Morgan fingerprint density at radius 1 is 1.15 bits per heavy atom. The van der Waals surface area contributed by atoms with Gasteiger partial charge in [0.1, 0.15) is 5.82 Å². The maximum atomic E-state index is 5.01. The van der Waals surface area contributed by atoms with Crippen molar-refractivity contribution < 1.29 is 4.74 Å². The maximum Gasteiger partial charge on any atom is 0.138 e. The van der Waals surface area contributed by atoms with Gasteiger partial charge in [-0.2, -0.15) is 11.8 Å². The van der Waals surface area contributed by atoms with Crippen molar-refractivity contribution in [2.75, 3.05) is 32.6 Å². The molecule has 20 heavy (non-hydrogen) atoms. The second-order valence-electron chi connectivity index (χ2n) is 4.77. The Labute approximate surface area is 127 Å². The van der Waals surface area contributed by atoms with Crippen LogP contribution in [0.1, 0.15) is 36.1 Å². The first-order valence-corrected chi connectivity index (χ1v) is 8.44. The number of aromatic nitrogens is 2. The number of hydrogen-bond acceptors (Lipinski definition) is 5. The van der Waals surface area contributed by atoms with E-state index in [0.717, 1.165) is 61.3 Å². The van der Waals surface area contributed by atoms with Gasteiger partial charge >= 0.3 is 0 Å². The largest absolute Gasteiger partial charge is 0.383 e. The topological polar surface area (TPSA) is 47.0 Å². The average Bonchev–Trinajstić information content (AvgIpc) is 2.42. The van der Waals surface area contributed by atoms with Gasteiger partial charge in [-0.15, -0.1) is 0 Å². The number of aryl methyl sites for hydroxylation is 2. The zero-order chi connectivity index (χ0) is 14.8. The van der Waals surface area contributed by atoms with Crippen LogP contribution in [0.3, 0.4) is 0 Å². The molecule has 0 radical (unpaired) electrons. The third-order valence-corrected chi connectivity index (χ3v) is 4.04. The Bertz CT molecular complexity index is 376. The highest BCUT2D eigenvalue weighted by Crippen LogP contribution is 2.15. The fraction of sp³-hybridized carbons (Fsp3) is 0.733. The van der Waals surface area contributed by atoms with Crippen molar-refractivity contribution in [3.8, 4) is 0 Å². The molecule has 1 aromatic heterocycles. The number of methoxy groups -OCH3 is 1. The van der Waals surface area contributed by atoms with Crippen molar-refractivity contribution in [1.82, 2.24) is 15.3 Å². The van der Waals surface area contributed by atoms with Crippen LogP contribution >= 0.6 is 11.8 Å². The molecule has 5 heteroatoms. The van der Waals surface area contributed by atoms with E-state index in [1.807, 2.05) is 11.8 Å². The molecule has 114 valence electrons. The van der Waals surface area contributed by atoms with Gasteiger partial charge in [0.05, 0.1) is 12.4 Å². The highest BCUT2D eigenvalue weighted by Gasteiger charge is 2.08. The van der Waals surface area contributed by atoms with Crippen LogP contribution in [0.4, 0.5) is 0 Å². The lowest BCUT2D eigenvalue weighted by atomic mass is 10.1. The van der Waals surface area contributed by atoms with Crippen LogP contribution in [0.25, 0.3) is 0 Å². The smallest absolute Gasteiger partial charge is 0.138 e. The fourth-order valence-corrected chi connectivity index (χ4v) is 2.63. The Hall–Kier alpha value is -0.650. The second-order valence-corrected chi connectivity index (χ2v) is 6.05. The van der Waals surface area contributed by atoms with Gasteiger partial charge in [0.25, 0.3) is 0 Å². The lowest BCUT2D eigenvalue weighted by Crippen LogP contribution is -2.21. The number of ether oxygens (including phenoxy) is 1. The van der Waals surface area contributed by atoms with Gasteiger partial charge in [-0.25, -0.2) is 9.97 Å². The summed E-state index contributed by atoms with van der Waals surface area (Å²) in [4.78, 5) is 9.25. The molecule has 0 bridgehead atoms. The number of rotatable bonds is 10. The SMILES string of the molecule is CCSCc1nc(C)c(CCCNCCOC)c(C)n1. The van der Waals surface area contributed by atoms with Crippen molar-refractivity contribution in [3.63, 3.8) is 0 Å². The van der Waals surface area contributed by atoms with Gasteiger partial charge in [0.15, 0.2) is 0 Å².